The van der Waals surface area contributed by atoms with Crippen molar-refractivity contribution in [2.24, 2.45) is 17.3 Å². The molecule has 1 saturated carbocycles. The number of allylic oxidation sites excluding steroid dienone is 2. The third-order valence-corrected chi connectivity index (χ3v) is 4.15. The standard InChI is InChI=1S/C12H20/c1-9-7-11-6-4-5-10(2)12(11,3)8-9/h6,9-10H,4-5,7-8H2,1-3H3/t9-,10-,12+/m1/s1. The minimum absolute atomic E-state index is 0.581. The fraction of sp³-hybridized carbons (Fsp3) is 0.833. The summed E-state index contributed by atoms with van der Waals surface area (Å²) < 4.78 is 0. The van der Waals surface area contributed by atoms with Crippen molar-refractivity contribution in [1.29, 1.82) is 0 Å². The molecule has 1 fully saturated rings. The quantitative estimate of drug-likeness (QED) is 0.478. The molecule has 0 saturated heterocycles. The SMILES string of the molecule is C[C@@H]1CC2=CCC[C@@H](C)[C@]2(C)C1. The molecule has 0 spiro atoms. The van der Waals surface area contributed by atoms with Gasteiger partial charge in [-0.25, -0.2) is 0 Å². The Morgan fingerprint density at radius 1 is 1.42 bits per heavy atom. The molecule has 2 rings (SSSR count). The van der Waals surface area contributed by atoms with E-state index in [-0.39, 0.29) is 0 Å². The topological polar surface area (TPSA) is 0 Å². The monoisotopic (exact) mass is 164 g/mol. The Morgan fingerprint density at radius 3 is 2.83 bits per heavy atom. The predicted octanol–water partition coefficient (Wildman–Crippen LogP) is 3.78. The van der Waals surface area contributed by atoms with Gasteiger partial charge in [-0.05, 0) is 42.9 Å². The maximum absolute atomic E-state index is 2.52. The average molecular weight is 164 g/mol. The normalized spacial score (nSPS) is 47.1. The zero-order valence-electron chi connectivity index (χ0n) is 8.56. The van der Waals surface area contributed by atoms with Gasteiger partial charge in [0.2, 0.25) is 0 Å². The van der Waals surface area contributed by atoms with Gasteiger partial charge in [0.1, 0.15) is 0 Å². The second-order valence-electron chi connectivity index (χ2n) is 5.14. The maximum atomic E-state index is 2.52. The Kier molecular flexibility index (Phi) is 1.82. The summed E-state index contributed by atoms with van der Waals surface area (Å²) in [5.41, 5.74) is 2.35. The summed E-state index contributed by atoms with van der Waals surface area (Å²) in [6, 6.07) is 0. The largest absolute Gasteiger partial charge is 0.0847 e. The molecular weight excluding hydrogens is 144 g/mol. The first-order chi connectivity index (χ1) is 5.63. The molecular formula is C12H20. The molecule has 0 amide bonds. The van der Waals surface area contributed by atoms with Crippen molar-refractivity contribution in [3.05, 3.63) is 11.6 Å². The van der Waals surface area contributed by atoms with Gasteiger partial charge in [-0.15, -0.1) is 0 Å². The van der Waals surface area contributed by atoms with E-state index in [0.717, 1.165) is 11.8 Å². The Hall–Kier alpha value is -0.260. The first-order valence-corrected chi connectivity index (χ1v) is 5.32. The van der Waals surface area contributed by atoms with Crippen LogP contribution in [0.15, 0.2) is 11.6 Å². The van der Waals surface area contributed by atoms with Crippen LogP contribution < -0.4 is 0 Å². The summed E-state index contributed by atoms with van der Waals surface area (Å²) >= 11 is 0. The number of rotatable bonds is 0. The molecule has 3 atom stereocenters. The zero-order valence-corrected chi connectivity index (χ0v) is 8.56. The van der Waals surface area contributed by atoms with Crippen LogP contribution in [-0.4, -0.2) is 0 Å². The summed E-state index contributed by atoms with van der Waals surface area (Å²) in [5.74, 6) is 1.85. The van der Waals surface area contributed by atoms with Gasteiger partial charge in [-0.2, -0.15) is 0 Å². The van der Waals surface area contributed by atoms with E-state index in [9.17, 15) is 0 Å². The highest BCUT2D eigenvalue weighted by Crippen LogP contribution is 2.54. The fourth-order valence-electron chi connectivity index (χ4n) is 3.20. The van der Waals surface area contributed by atoms with Crippen molar-refractivity contribution in [3.8, 4) is 0 Å². The second-order valence-corrected chi connectivity index (χ2v) is 5.14. The Labute approximate surface area is 76.1 Å². The molecule has 0 aromatic carbocycles. The van der Waals surface area contributed by atoms with Crippen molar-refractivity contribution in [1.82, 2.24) is 0 Å². The number of hydrogen-bond acceptors (Lipinski definition) is 0. The molecule has 68 valence electrons. The van der Waals surface area contributed by atoms with E-state index in [1.54, 1.807) is 5.57 Å². The minimum Gasteiger partial charge on any atom is -0.0847 e. The van der Waals surface area contributed by atoms with Crippen molar-refractivity contribution in [2.75, 3.05) is 0 Å². The third-order valence-electron chi connectivity index (χ3n) is 4.15. The average Bonchev–Trinajstić information content (AvgIpc) is 2.27. The van der Waals surface area contributed by atoms with E-state index in [2.05, 4.69) is 26.8 Å². The lowest BCUT2D eigenvalue weighted by atomic mass is 9.68. The van der Waals surface area contributed by atoms with Crippen LogP contribution in [0.3, 0.4) is 0 Å². The van der Waals surface area contributed by atoms with Crippen LogP contribution in [0, 0.1) is 17.3 Å². The summed E-state index contributed by atoms with van der Waals surface area (Å²) in [6.07, 6.45) is 8.07. The molecule has 0 radical (unpaired) electrons. The summed E-state index contributed by atoms with van der Waals surface area (Å²) in [6.45, 7) is 7.31. The Bertz CT molecular complexity index is 214. The molecule has 2 aliphatic carbocycles. The van der Waals surface area contributed by atoms with Gasteiger partial charge in [0.25, 0.3) is 0 Å². The van der Waals surface area contributed by atoms with Crippen LogP contribution >= 0.6 is 0 Å². The van der Waals surface area contributed by atoms with Crippen molar-refractivity contribution in [3.63, 3.8) is 0 Å². The summed E-state index contributed by atoms with van der Waals surface area (Å²) in [7, 11) is 0. The van der Waals surface area contributed by atoms with Crippen molar-refractivity contribution in [2.45, 2.75) is 46.5 Å². The maximum Gasteiger partial charge on any atom is -0.00879 e. The molecule has 0 nitrogen and oxygen atoms in total. The predicted molar refractivity (Wildman–Crippen MR) is 53.0 cm³/mol. The van der Waals surface area contributed by atoms with Crippen LogP contribution in [0.25, 0.3) is 0 Å². The van der Waals surface area contributed by atoms with Crippen LogP contribution in [0.1, 0.15) is 46.5 Å². The van der Waals surface area contributed by atoms with Gasteiger partial charge in [-0.1, -0.05) is 32.4 Å². The van der Waals surface area contributed by atoms with Crippen molar-refractivity contribution >= 4 is 0 Å². The summed E-state index contributed by atoms with van der Waals surface area (Å²) in [5, 5.41) is 0. The highest BCUT2D eigenvalue weighted by Gasteiger charge is 2.42. The van der Waals surface area contributed by atoms with Gasteiger partial charge in [0.15, 0.2) is 0 Å². The Balaban J connectivity index is 2.31. The molecule has 0 aromatic heterocycles. The molecule has 0 heterocycles. The van der Waals surface area contributed by atoms with Gasteiger partial charge in [0.05, 0.1) is 0 Å². The lowest BCUT2D eigenvalue weighted by molar-refractivity contribution is 0.226. The van der Waals surface area contributed by atoms with Crippen LogP contribution in [-0.2, 0) is 0 Å². The first kappa shape index (κ1) is 8.34. The lowest BCUT2D eigenvalue weighted by Gasteiger charge is -2.36. The van der Waals surface area contributed by atoms with Gasteiger partial charge >= 0.3 is 0 Å². The second kappa shape index (κ2) is 2.61. The molecule has 0 unspecified atom stereocenters. The van der Waals surface area contributed by atoms with Crippen LogP contribution in [0.2, 0.25) is 0 Å². The lowest BCUT2D eigenvalue weighted by Crippen LogP contribution is -2.26. The smallest absolute Gasteiger partial charge is 0.00879 e. The van der Waals surface area contributed by atoms with Gasteiger partial charge in [-0.3, -0.25) is 0 Å². The van der Waals surface area contributed by atoms with E-state index in [4.69, 9.17) is 0 Å². The molecule has 0 aliphatic heterocycles. The molecule has 0 heteroatoms. The van der Waals surface area contributed by atoms with Gasteiger partial charge in [0, 0.05) is 0 Å². The van der Waals surface area contributed by atoms with Crippen LogP contribution in [0.5, 0.6) is 0 Å². The van der Waals surface area contributed by atoms with E-state index in [1.165, 1.54) is 25.7 Å². The van der Waals surface area contributed by atoms with Gasteiger partial charge < -0.3 is 0 Å². The highest BCUT2D eigenvalue weighted by molar-refractivity contribution is 5.23. The number of fused-ring (bicyclic) bond motifs is 1. The molecule has 0 aromatic rings. The van der Waals surface area contributed by atoms with E-state index in [1.807, 2.05) is 0 Å². The molecule has 0 bridgehead atoms. The third kappa shape index (κ3) is 1.04. The molecule has 2 aliphatic rings. The summed E-state index contributed by atoms with van der Waals surface area (Å²) in [4.78, 5) is 0. The zero-order chi connectivity index (χ0) is 8.77. The fourth-order valence-corrected chi connectivity index (χ4v) is 3.20. The highest BCUT2D eigenvalue weighted by atomic mass is 14.5. The first-order valence-electron chi connectivity index (χ1n) is 5.32. The minimum atomic E-state index is 0.581. The molecule has 0 N–H and O–H groups in total. The van der Waals surface area contributed by atoms with E-state index >= 15 is 0 Å². The molecule has 12 heavy (non-hydrogen) atoms. The van der Waals surface area contributed by atoms with Crippen molar-refractivity contribution < 1.29 is 0 Å². The van der Waals surface area contributed by atoms with E-state index < -0.39 is 0 Å². The Morgan fingerprint density at radius 2 is 2.17 bits per heavy atom. The number of hydrogen-bond donors (Lipinski definition) is 0. The van der Waals surface area contributed by atoms with E-state index in [0.29, 0.717) is 5.41 Å². The van der Waals surface area contributed by atoms with Crippen LogP contribution in [0.4, 0.5) is 0 Å².